The molecule has 4 heteroatoms. The Bertz CT molecular complexity index is 369. The molecule has 0 bridgehead atoms. The molecular formula is C12H17BrFNO. The molecule has 0 spiro atoms. The van der Waals surface area contributed by atoms with Crippen molar-refractivity contribution in [3.63, 3.8) is 0 Å². The summed E-state index contributed by atoms with van der Waals surface area (Å²) in [5.41, 5.74) is 7.42. The lowest BCUT2D eigenvalue weighted by molar-refractivity contribution is 0.380. The molecule has 0 aromatic heterocycles. The number of unbranched alkanes of at least 4 members (excludes halogenated alkanes) is 1. The third-order valence-electron chi connectivity index (χ3n) is 2.64. The fourth-order valence-electron chi connectivity index (χ4n) is 1.71. The predicted molar refractivity (Wildman–Crippen MR) is 67.4 cm³/mol. The van der Waals surface area contributed by atoms with Crippen LogP contribution < -0.4 is 10.5 Å². The summed E-state index contributed by atoms with van der Waals surface area (Å²) in [7, 11) is 1.50. The van der Waals surface area contributed by atoms with Crippen LogP contribution in [-0.4, -0.2) is 13.7 Å². The van der Waals surface area contributed by atoms with Crippen molar-refractivity contribution in [2.45, 2.75) is 26.2 Å². The van der Waals surface area contributed by atoms with Crippen LogP contribution in [0.15, 0.2) is 10.5 Å². The Morgan fingerprint density at radius 2 is 2.12 bits per heavy atom. The summed E-state index contributed by atoms with van der Waals surface area (Å²) in [5.74, 6) is 0.0421. The van der Waals surface area contributed by atoms with E-state index in [1.807, 2.05) is 6.92 Å². The molecule has 0 aliphatic rings. The van der Waals surface area contributed by atoms with Crippen molar-refractivity contribution in [3.05, 3.63) is 27.5 Å². The number of methoxy groups -OCH3 is 1. The second kappa shape index (κ2) is 6.21. The highest BCUT2D eigenvalue weighted by atomic mass is 79.9. The van der Waals surface area contributed by atoms with Crippen molar-refractivity contribution < 1.29 is 9.13 Å². The maximum Gasteiger partial charge on any atom is 0.166 e. The molecule has 0 amide bonds. The normalized spacial score (nSPS) is 10.6. The van der Waals surface area contributed by atoms with Gasteiger partial charge >= 0.3 is 0 Å². The van der Waals surface area contributed by atoms with Crippen LogP contribution in [0.5, 0.6) is 5.75 Å². The minimum atomic E-state index is -0.317. The molecule has 0 heterocycles. The molecule has 16 heavy (non-hydrogen) atoms. The van der Waals surface area contributed by atoms with Crippen LogP contribution in [0.4, 0.5) is 4.39 Å². The zero-order chi connectivity index (χ0) is 12.1. The zero-order valence-electron chi connectivity index (χ0n) is 9.65. The topological polar surface area (TPSA) is 35.2 Å². The first-order valence-electron chi connectivity index (χ1n) is 5.33. The number of hydrogen-bond donors (Lipinski definition) is 1. The van der Waals surface area contributed by atoms with Gasteiger partial charge in [0.25, 0.3) is 0 Å². The van der Waals surface area contributed by atoms with Gasteiger partial charge in [-0.2, -0.15) is 0 Å². The van der Waals surface area contributed by atoms with Crippen LogP contribution in [0.3, 0.4) is 0 Å². The Balaban J connectivity index is 3.02. The fourth-order valence-corrected chi connectivity index (χ4v) is 2.15. The Labute approximate surface area is 104 Å². The second-order valence-corrected chi connectivity index (χ2v) is 4.58. The predicted octanol–water partition coefficient (Wildman–Crippen LogP) is 3.19. The first-order valence-corrected chi connectivity index (χ1v) is 6.12. The van der Waals surface area contributed by atoms with E-state index in [0.29, 0.717) is 12.3 Å². The first kappa shape index (κ1) is 13.5. The summed E-state index contributed by atoms with van der Waals surface area (Å²) in [4.78, 5) is 0. The summed E-state index contributed by atoms with van der Waals surface area (Å²) in [6, 6.07) is 1.45. The third-order valence-corrected chi connectivity index (χ3v) is 3.46. The highest BCUT2D eigenvalue weighted by Crippen LogP contribution is 2.32. The van der Waals surface area contributed by atoms with Crippen molar-refractivity contribution >= 4 is 15.9 Å². The van der Waals surface area contributed by atoms with Gasteiger partial charge in [0.2, 0.25) is 0 Å². The van der Waals surface area contributed by atoms with Crippen LogP contribution in [0.1, 0.15) is 24.0 Å². The van der Waals surface area contributed by atoms with Gasteiger partial charge in [-0.05, 0) is 44.4 Å². The van der Waals surface area contributed by atoms with Crippen molar-refractivity contribution in [1.29, 1.82) is 0 Å². The quantitative estimate of drug-likeness (QED) is 0.845. The Morgan fingerprint density at radius 1 is 1.44 bits per heavy atom. The average Bonchev–Trinajstić information content (AvgIpc) is 2.25. The molecule has 0 aliphatic carbocycles. The van der Waals surface area contributed by atoms with Gasteiger partial charge in [0, 0.05) is 10.0 Å². The summed E-state index contributed by atoms with van der Waals surface area (Å²) in [5, 5.41) is 0. The molecule has 90 valence electrons. The van der Waals surface area contributed by atoms with E-state index in [-0.39, 0.29) is 5.82 Å². The molecule has 0 radical (unpaired) electrons. The molecule has 0 saturated carbocycles. The van der Waals surface area contributed by atoms with E-state index in [2.05, 4.69) is 15.9 Å². The average molecular weight is 290 g/mol. The SMILES string of the molecule is COc1c(F)cc(Br)c(C)c1CCCCN. The maximum absolute atomic E-state index is 13.6. The van der Waals surface area contributed by atoms with Crippen LogP contribution in [0.2, 0.25) is 0 Å². The van der Waals surface area contributed by atoms with Crippen molar-refractivity contribution in [2.75, 3.05) is 13.7 Å². The molecule has 2 nitrogen and oxygen atoms in total. The molecule has 0 fully saturated rings. The lowest BCUT2D eigenvalue weighted by atomic mass is 10.0. The van der Waals surface area contributed by atoms with Gasteiger partial charge in [0.15, 0.2) is 11.6 Å². The van der Waals surface area contributed by atoms with Gasteiger partial charge in [0.05, 0.1) is 7.11 Å². The largest absolute Gasteiger partial charge is 0.493 e. The molecule has 2 N–H and O–H groups in total. The van der Waals surface area contributed by atoms with Gasteiger partial charge in [-0.25, -0.2) is 4.39 Å². The highest BCUT2D eigenvalue weighted by molar-refractivity contribution is 9.10. The van der Waals surface area contributed by atoms with Crippen molar-refractivity contribution in [1.82, 2.24) is 0 Å². The van der Waals surface area contributed by atoms with E-state index in [9.17, 15) is 4.39 Å². The zero-order valence-corrected chi connectivity index (χ0v) is 11.2. The molecule has 0 unspecified atom stereocenters. The molecule has 0 aliphatic heterocycles. The van der Waals surface area contributed by atoms with Crippen LogP contribution in [-0.2, 0) is 6.42 Å². The highest BCUT2D eigenvalue weighted by Gasteiger charge is 2.14. The third kappa shape index (κ3) is 2.95. The summed E-state index contributed by atoms with van der Waals surface area (Å²) < 4.78 is 19.5. The lowest BCUT2D eigenvalue weighted by Crippen LogP contribution is -2.03. The van der Waals surface area contributed by atoms with Crippen molar-refractivity contribution in [3.8, 4) is 5.75 Å². The number of hydrogen-bond acceptors (Lipinski definition) is 2. The number of nitrogens with two attached hydrogens (primary N) is 1. The first-order chi connectivity index (χ1) is 7.61. The molecule has 0 saturated heterocycles. The summed E-state index contributed by atoms with van der Waals surface area (Å²) >= 11 is 3.35. The minimum absolute atomic E-state index is 0.317. The Kier molecular flexibility index (Phi) is 5.22. The smallest absolute Gasteiger partial charge is 0.166 e. The van der Waals surface area contributed by atoms with Gasteiger partial charge < -0.3 is 10.5 Å². The lowest BCUT2D eigenvalue weighted by Gasteiger charge is -2.14. The van der Waals surface area contributed by atoms with E-state index in [0.717, 1.165) is 34.9 Å². The van der Waals surface area contributed by atoms with Crippen LogP contribution in [0, 0.1) is 12.7 Å². The van der Waals surface area contributed by atoms with Gasteiger partial charge in [-0.15, -0.1) is 0 Å². The molecule has 1 rings (SSSR count). The van der Waals surface area contributed by atoms with E-state index in [4.69, 9.17) is 10.5 Å². The number of rotatable bonds is 5. The number of halogens is 2. The number of ether oxygens (including phenoxy) is 1. The molecule has 0 atom stereocenters. The molecular weight excluding hydrogens is 273 g/mol. The van der Waals surface area contributed by atoms with Crippen LogP contribution in [0.25, 0.3) is 0 Å². The van der Waals surface area contributed by atoms with E-state index in [1.54, 1.807) is 0 Å². The molecule has 1 aromatic carbocycles. The van der Waals surface area contributed by atoms with E-state index >= 15 is 0 Å². The van der Waals surface area contributed by atoms with E-state index in [1.165, 1.54) is 13.2 Å². The van der Waals surface area contributed by atoms with Gasteiger partial charge in [0.1, 0.15) is 0 Å². The van der Waals surface area contributed by atoms with Crippen molar-refractivity contribution in [2.24, 2.45) is 5.73 Å². The monoisotopic (exact) mass is 289 g/mol. The molecule has 1 aromatic rings. The number of benzene rings is 1. The Morgan fingerprint density at radius 3 is 2.69 bits per heavy atom. The Hall–Kier alpha value is -0.610. The standard InChI is InChI=1S/C12H17BrFNO/c1-8-9(5-3-4-6-15)12(16-2)11(14)7-10(8)13/h7H,3-6,15H2,1-2H3. The summed E-state index contributed by atoms with van der Waals surface area (Å²) in [6.07, 6.45) is 2.68. The summed E-state index contributed by atoms with van der Waals surface area (Å²) in [6.45, 7) is 2.63. The maximum atomic E-state index is 13.6. The van der Waals surface area contributed by atoms with E-state index < -0.39 is 0 Å². The van der Waals surface area contributed by atoms with Gasteiger partial charge in [-0.3, -0.25) is 0 Å². The fraction of sp³-hybridized carbons (Fsp3) is 0.500. The second-order valence-electron chi connectivity index (χ2n) is 3.72. The van der Waals surface area contributed by atoms with Gasteiger partial charge in [-0.1, -0.05) is 15.9 Å². The minimum Gasteiger partial charge on any atom is -0.493 e. The van der Waals surface area contributed by atoms with Crippen LogP contribution >= 0.6 is 15.9 Å².